The predicted octanol–water partition coefficient (Wildman–Crippen LogP) is 2.61. The molecule has 21 heavy (non-hydrogen) atoms. The van der Waals surface area contributed by atoms with Crippen molar-refractivity contribution in [3.63, 3.8) is 0 Å². The summed E-state index contributed by atoms with van der Waals surface area (Å²) in [5.74, 6) is 0.0430. The number of rotatable bonds is 6. The summed E-state index contributed by atoms with van der Waals surface area (Å²) in [6.07, 6.45) is 5.93. The Morgan fingerprint density at radius 2 is 1.90 bits per heavy atom. The van der Waals surface area contributed by atoms with Gasteiger partial charge in [-0.25, -0.2) is 0 Å². The van der Waals surface area contributed by atoms with E-state index in [0.29, 0.717) is 13.1 Å². The van der Waals surface area contributed by atoms with Crippen LogP contribution in [-0.2, 0) is 4.79 Å². The number of carbonyl (C=O) groups is 1. The first kappa shape index (κ1) is 16.0. The lowest BCUT2D eigenvalue weighted by Crippen LogP contribution is -2.56. The average Bonchev–Trinajstić information content (AvgIpc) is 2.54. The molecule has 3 N–H and O–H groups in total. The van der Waals surface area contributed by atoms with Gasteiger partial charge in [0, 0.05) is 17.8 Å². The van der Waals surface area contributed by atoms with Crippen LogP contribution in [0.1, 0.15) is 39.0 Å². The van der Waals surface area contributed by atoms with Gasteiger partial charge in [-0.1, -0.05) is 44.4 Å². The number of nitrogens with zero attached hydrogens (tertiary/aromatic N) is 1. The van der Waals surface area contributed by atoms with Crippen molar-refractivity contribution in [1.82, 2.24) is 4.90 Å². The third-order valence-electron chi connectivity index (χ3n) is 4.61. The Morgan fingerprint density at radius 3 is 2.48 bits per heavy atom. The molecule has 1 aliphatic rings. The second-order valence-electron chi connectivity index (χ2n) is 5.92. The number of nitrogens with two attached hydrogens (primary N) is 1. The molecule has 0 bridgehead atoms. The number of para-hydroxylation sites is 1. The molecule has 4 nitrogen and oxygen atoms in total. The Kier molecular flexibility index (Phi) is 5.76. The maximum Gasteiger partial charge on any atom is 0.238 e. The molecule has 0 unspecified atom stereocenters. The van der Waals surface area contributed by atoms with Crippen LogP contribution in [0.25, 0.3) is 0 Å². The van der Waals surface area contributed by atoms with Gasteiger partial charge >= 0.3 is 0 Å². The Labute approximate surface area is 127 Å². The number of anilines is 1. The minimum atomic E-state index is 0.0149. The van der Waals surface area contributed by atoms with Crippen molar-refractivity contribution in [2.45, 2.75) is 44.6 Å². The van der Waals surface area contributed by atoms with Gasteiger partial charge in [-0.2, -0.15) is 0 Å². The molecule has 1 amide bonds. The molecule has 0 saturated heterocycles. The molecule has 0 aromatic heterocycles. The van der Waals surface area contributed by atoms with E-state index in [4.69, 9.17) is 5.73 Å². The van der Waals surface area contributed by atoms with Gasteiger partial charge in [0.15, 0.2) is 0 Å². The van der Waals surface area contributed by atoms with Crippen molar-refractivity contribution >= 4 is 11.6 Å². The van der Waals surface area contributed by atoms with Crippen molar-refractivity contribution in [2.24, 2.45) is 5.73 Å². The molecule has 0 aliphatic heterocycles. The van der Waals surface area contributed by atoms with Crippen molar-refractivity contribution in [1.29, 1.82) is 0 Å². The van der Waals surface area contributed by atoms with Crippen molar-refractivity contribution in [3.8, 4) is 0 Å². The lowest BCUT2D eigenvalue weighted by Gasteiger charge is -2.45. The fourth-order valence-corrected chi connectivity index (χ4v) is 3.37. The summed E-state index contributed by atoms with van der Waals surface area (Å²) >= 11 is 0. The Balaban J connectivity index is 1.99. The highest BCUT2D eigenvalue weighted by Crippen LogP contribution is 2.32. The van der Waals surface area contributed by atoms with E-state index >= 15 is 0 Å². The van der Waals surface area contributed by atoms with E-state index in [1.807, 2.05) is 30.3 Å². The van der Waals surface area contributed by atoms with E-state index in [9.17, 15) is 4.79 Å². The van der Waals surface area contributed by atoms with E-state index < -0.39 is 0 Å². The summed E-state index contributed by atoms with van der Waals surface area (Å²) in [6.45, 7) is 4.03. The van der Waals surface area contributed by atoms with Gasteiger partial charge < -0.3 is 11.1 Å². The molecule has 0 spiro atoms. The van der Waals surface area contributed by atoms with E-state index in [2.05, 4.69) is 17.1 Å². The number of hydrogen-bond acceptors (Lipinski definition) is 3. The molecule has 0 radical (unpaired) electrons. The standard InChI is InChI=1S/C17H27N3O/c1-2-20(17(14-18)11-7-4-8-12-17)13-16(21)19-15-9-5-3-6-10-15/h3,5-6,9-10H,2,4,7-8,11-14,18H2,1H3,(H,19,21). The minimum absolute atomic E-state index is 0.0149. The Hall–Kier alpha value is -1.39. The fraction of sp³-hybridized carbons (Fsp3) is 0.588. The quantitative estimate of drug-likeness (QED) is 0.846. The highest BCUT2D eigenvalue weighted by molar-refractivity contribution is 5.92. The van der Waals surface area contributed by atoms with E-state index in [0.717, 1.165) is 25.1 Å². The number of benzene rings is 1. The summed E-state index contributed by atoms with van der Waals surface area (Å²) in [6, 6.07) is 9.62. The van der Waals surface area contributed by atoms with Crippen LogP contribution in [-0.4, -0.2) is 36.0 Å². The monoisotopic (exact) mass is 289 g/mol. The normalized spacial score (nSPS) is 17.7. The van der Waals surface area contributed by atoms with Crippen molar-refractivity contribution in [2.75, 3.05) is 25.0 Å². The van der Waals surface area contributed by atoms with Crippen LogP contribution in [0.3, 0.4) is 0 Å². The van der Waals surface area contributed by atoms with Crippen LogP contribution in [0.15, 0.2) is 30.3 Å². The number of amides is 1. The van der Waals surface area contributed by atoms with Gasteiger partial charge in [0.2, 0.25) is 5.91 Å². The van der Waals surface area contributed by atoms with Crippen molar-refractivity contribution < 1.29 is 4.79 Å². The molecular weight excluding hydrogens is 262 g/mol. The first-order valence-electron chi connectivity index (χ1n) is 8.00. The summed E-state index contributed by atoms with van der Waals surface area (Å²) in [4.78, 5) is 14.6. The van der Waals surface area contributed by atoms with E-state index in [1.165, 1.54) is 19.3 Å². The van der Waals surface area contributed by atoms with Gasteiger partial charge in [-0.05, 0) is 31.5 Å². The number of likely N-dealkylation sites (N-methyl/N-ethyl adjacent to an activating group) is 1. The average molecular weight is 289 g/mol. The third-order valence-corrected chi connectivity index (χ3v) is 4.61. The number of nitrogens with one attached hydrogen (secondary N) is 1. The zero-order valence-corrected chi connectivity index (χ0v) is 13.0. The van der Waals surface area contributed by atoms with Gasteiger partial charge in [0.1, 0.15) is 0 Å². The second-order valence-corrected chi connectivity index (χ2v) is 5.92. The molecule has 4 heteroatoms. The summed E-state index contributed by atoms with van der Waals surface area (Å²) in [5, 5.41) is 2.97. The predicted molar refractivity (Wildman–Crippen MR) is 87.2 cm³/mol. The zero-order valence-electron chi connectivity index (χ0n) is 13.0. The summed E-state index contributed by atoms with van der Waals surface area (Å²) < 4.78 is 0. The Bertz CT molecular complexity index is 441. The first-order chi connectivity index (χ1) is 10.2. The molecular formula is C17H27N3O. The van der Waals surface area contributed by atoms with Crippen LogP contribution in [0.5, 0.6) is 0 Å². The lowest BCUT2D eigenvalue weighted by atomic mass is 9.80. The maximum absolute atomic E-state index is 12.3. The molecule has 0 atom stereocenters. The molecule has 2 rings (SSSR count). The topological polar surface area (TPSA) is 58.4 Å². The number of hydrogen-bond donors (Lipinski definition) is 2. The molecule has 1 aromatic carbocycles. The lowest BCUT2D eigenvalue weighted by molar-refractivity contribution is -0.119. The SMILES string of the molecule is CCN(CC(=O)Nc1ccccc1)C1(CN)CCCCC1. The molecule has 1 aromatic rings. The van der Waals surface area contributed by atoms with Gasteiger partial charge in [0.25, 0.3) is 0 Å². The second kappa shape index (κ2) is 7.57. The van der Waals surface area contributed by atoms with Gasteiger partial charge in [-0.3, -0.25) is 9.69 Å². The molecule has 116 valence electrons. The van der Waals surface area contributed by atoms with Crippen LogP contribution < -0.4 is 11.1 Å². The number of carbonyl (C=O) groups excluding carboxylic acids is 1. The third kappa shape index (κ3) is 4.05. The molecule has 1 fully saturated rings. The van der Waals surface area contributed by atoms with Crippen LogP contribution in [0, 0.1) is 0 Å². The smallest absolute Gasteiger partial charge is 0.238 e. The highest BCUT2D eigenvalue weighted by Gasteiger charge is 2.36. The molecule has 0 heterocycles. The molecule has 1 aliphatic carbocycles. The Morgan fingerprint density at radius 1 is 1.24 bits per heavy atom. The zero-order chi connectivity index (χ0) is 15.1. The van der Waals surface area contributed by atoms with Crippen LogP contribution in [0.2, 0.25) is 0 Å². The summed E-state index contributed by atoms with van der Waals surface area (Å²) in [7, 11) is 0. The van der Waals surface area contributed by atoms with Crippen LogP contribution >= 0.6 is 0 Å². The fourth-order valence-electron chi connectivity index (χ4n) is 3.37. The first-order valence-corrected chi connectivity index (χ1v) is 8.00. The maximum atomic E-state index is 12.3. The molecule has 1 saturated carbocycles. The van der Waals surface area contributed by atoms with Gasteiger partial charge in [-0.15, -0.1) is 0 Å². The van der Waals surface area contributed by atoms with Crippen LogP contribution in [0.4, 0.5) is 5.69 Å². The van der Waals surface area contributed by atoms with E-state index in [1.54, 1.807) is 0 Å². The van der Waals surface area contributed by atoms with Gasteiger partial charge in [0.05, 0.1) is 6.54 Å². The van der Waals surface area contributed by atoms with E-state index in [-0.39, 0.29) is 11.4 Å². The highest BCUT2D eigenvalue weighted by atomic mass is 16.2. The van der Waals surface area contributed by atoms with Crippen molar-refractivity contribution in [3.05, 3.63) is 30.3 Å². The summed E-state index contributed by atoms with van der Waals surface area (Å²) in [5.41, 5.74) is 6.94. The minimum Gasteiger partial charge on any atom is -0.329 e. The largest absolute Gasteiger partial charge is 0.329 e.